The zero-order valence-corrected chi connectivity index (χ0v) is 21.6. The molecule has 0 fully saturated rings. The number of hydrogen-bond donors (Lipinski definition) is 2. The molecule has 8 nitrogen and oxygen atoms in total. The Bertz CT molecular complexity index is 1370. The van der Waals surface area contributed by atoms with Crippen molar-refractivity contribution in [2.75, 3.05) is 12.0 Å². The molecule has 0 bridgehead atoms. The molecule has 190 valence electrons. The first-order valence-corrected chi connectivity index (χ1v) is 13.4. The van der Waals surface area contributed by atoms with E-state index in [0.29, 0.717) is 36.5 Å². The molecule has 1 unspecified atom stereocenters. The Morgan fingerprint density at radius 1 is 1.00 bits per heavy atom. The second kappa shape index (κ2) is 12.3. The third-order valence-electron chi connectivity index (χ3n) is 6.00. The van der Waals surface area contributed by atoms with Gasteiger partial charge in [0.05, 0.1) is 6.54 Å². The number of amides is 1. The molecule has 3 aromatic carbocycles. The molecule has 1 atom stereocenters. The average Bonchev–Trinajstić information content (AvgIpc) is 3.33. The van der Waals surface area contributed by atoms with E-state index in [4.69, 9.17) is 0 Å². The van der Waals surface area contributed by atoms with Crippen LogP contribution in [0, 0.1) is 6.92 Å². The van der Waals surface area contributed by atoms with E-state index in [0.717, 1.165) is 27.8 Å². The van der Waals surface area contributed by atoms with Crippen LogP contribution in [0.4, 0.5) is 0 Å². The van der Waals surface area contributed by atoms with Crippen LogP contribution in [0.15, 0.2) is 72.8 Å². The highest BCUT2D eigenvalue weighted by Gasteiger charge is 2.23. The van der Waals surface area contributed by atoms with Gasteiger partial charge in [-0.25, -0.2) is 4.79 Å². The van der Waals surface area contributed by atoms with Crippen LogP contribution in [0.3, 0.4) is 0 Å². The smallest absolute Gasteiger partial charge is 0.326 e. The molecule has 0 saturated carbocycles. The standard InChI is InChI=1S/C28H29N5O3S/c1-19-8-6-7-11-22(19)24-16-21(12-13-23(24)27(34)29-25(28(35)36)14-15-37-2)17-26-30-32-33(31-26)18-20-9-4-3-5-10-20/h3-13,16,25H,14-15,17-18H2,1-2H3,(H,29,34)(H,35,36). The number of nitrogens with zero attached hydrogens (tertiary/aromatic N) is 4. The Labute approximate surface area is 220 Å². The number of thioether (sulfide) groups is 1. The highest BCUT2D eigenvalue weighted by molar-refractivity contribution is 7.98. The lowest BCUT2D eigenvalue weighted by Gasteiger charge is -2.17. The minimum atomic E-state index is -1.04. The highest BCUT2D eigenvalue weighted by atomic mass is 32.2. The summed E-state index contributed by atoms with van der Waals surface area (Å²) in [7, 11) is 0. The maximum Gasteiger partial charge on any atom is 0.326 e. The number of carbonyl (C=O) groups is 2. The van der Waals surface area contributed by atoms with Crippen LogP contribution in [0.2, 0.25) is 0 Å². The van der Waals surface area contributed by atoms with Gasteiger partial charge in [0.2, 0.25) is 0 Å². The summed E-state index contributed by atoms with van der Waals surface area (Å²) in [5.41, 5.74) is 5.09. The Morgan fingerprint density at radius 3 is 2.49 bits per heavy atom. The number of nitrogens with one attached hydrogen (secondary N) is 1. The van der Waals surface area contributed by atoms with Crippen LogP contribution in [0.25, 0.3) is 11.1 Å². The van der Waals surface area contributed by atoms with Gasteiger partial charge < -0.3 is 10.4 Å². The minimum absolute atomic E-state index is 0.352. The number of aliphatic carboxylic acids is 1. The number of rotatable bonds is 11. The molecular weight excluding hydrogens is 486 g/mol. The van der Waals surface area contributed by atoms with Crippen molar-refractivity contribution in [1.82, 2.24) is 25.5 Å². The fourth-order valence-electron chi connectivity index (χ4n) is 4.07. The first-order chi connectivity index (χ1) is 17.9. The van der Waals surface area contributed by atoms with Crippen LogP contribution in [0.5, 0.6) is 0 Å². The summed E-state index contributed by atoms with van der Waals surface area (Å²) in [4.78, 5) is 26.5. The van der Waals surface area contributed by atoms with Gasteiger partial charge in [0.1, 0.15) is 6.04 Å². The fourth-order valence-corrected chi connectivity index (χ4v) is 4.54. The van der Waals surface area contributed by atoms with Crippen LogP contribution < -0.4 is 5.32 Å². The maximum absolute atomic E-state index is 13.3. The molecule has 2 N–H and O–H groups in total. The maximum atomic E-state index is 13.3. The van der Waals surface area contributed by atoms with Gasteiger partial charge in [0.25, 0.3) is 5.91 Å². The Kier molecular flexibility index (Phi) is 8.68. The second-order valence-corrected chi connectivity index (χ2v) is 9.72. The summed E-state index contributed by atoms with van der Waals surface area (Å²) in [6.45, 7) is 2.52. The summed E-state index contributed by atoms with van der Waals surface area (Å²) in [5.74, 6) is -0.239. The van der Waals surface area contributed by atoms with Gasteiger partial charge in [-0.3, -0.25) is 4.79 Å². The number of carbonyl (C=O) groups excluding carboxylic acids is 1. The largest absolute Gasteiger partial charge is 0.480 e. The fraction of sp³-hybridized carbons (Fsp3) is 0.250. The van der Waals surface area contributed by atoms with Gasteiger partial charge in [-0.2, -0.15) is 16.6 Å². The third-order valence-corrected chi connectivity index (χ3v) is 6.65. The third kappa shape index (κ3) is 6.83. The molecule has 0 aliphatic heterocycles. The van der Waals surface area contributed by atoms with E-state index in [1.165, 1.54) is 0 Å². The number of carboxylic acids is 1. The SMILES string of the molecule is CSCCC(NC(=O)c1ccc(Cc2nnn(Cc3ccccc3)n2)cc1-c1ccccc1C)C(=O)O. The number of aromatic nitrogens is 4. The predicted octanol–water partition coefficient (Wildman–Crippen LogP) is 4.22. The Hall–Kier alpha value is -3.98. The molecule has 0 spiro atoms. The van der Waals surface area contributed by atoms with Crippen molar-refractivity contribution in [1.29, 1.82) is 0 Å². The molecule has 4 aromatic rings. The van der Waals surface area contributed by atoms with Gasteiger partial charge in [-0.1, -0.05) is 60.7 Å². The normalized spacial score (nSPS) is 11.7. The van der Waals surface area contributed by atoms with Crippen molar-refractivity contribution in [3.05, 3.63) is 101 Å². The molecule has 1 heterocycles. The van der Waals surface area contributed by atoms with Crippen molar-refractivity contribution in [3.8, 4) is 11.1 Å². The lowest BCUT2D eigenvalue weighted by Crippen LogP contribution is -2.41. The Morgan fingerprint density at radius 2 is 1.76 bits per heavy atom. The van der Waals surface area contributed by atoms with Crippen LogP contribution in [-0.2, 0) is 17.8 Å². The summed E-state index contributed by atoms with van der Waals surface area (Å²) >= 11 is 1.54. The van der Waals surface area contributed by atoms with Crippen molar-refractivity contribution in [2.24, 2.45) is 0 Å². The van der Waals surface area contributed by atoms with Gasteiger partial charge in [-0.15, -0.1) is 10.2 Å². The van der Waals surface area contributed by atoms with Crippen molar-refractivity contribution < 1.29 is 14.7 Å². The second-order valence-electron chi connectivity index (χ2n) is 8.74. The van der Waals surface area contributed by atoms with Crippen molar-refractivity contribution in [2.45, 2.75) is 32.4 Å². The lowest BCUT2D eigenvalue weighted by atomic mass is 9.93. The molecule has 4 rings (SSSR count). The van der Waals surface area contributed by atoms with E-state index in [2.05, 4.69) is 20.7 Å². The van der Waals surface area contributed by atoms with E-state index in [-0.39, 0.29) is 0 Å². The first-order valence-electron chi connectivity index (χ1n) is 12.0. The minimum Gasteiger partial charge on any atom is -0.480 e. The van der Waals surface area contributed by atoms with Crippen molar-refractivity contribution >= 4 is 23.6 Å². The van der Waals surface area contributed by atoms with E-state index < -0.39 is 17.9 Å². The molecule has 0 aliphatic carbocycles. The molecule has 1 amide bonds. The number of tetrazole rings is 1. The summed E-state index contributed by atoms with van der Waals surface area (Å²) in [6, 6.07) is 22.3. The Balaban J connectivity index is 1.60. The van der Waals surface area contributed by atoms with Gasteiger partial charge in [0.15, 0.2) is 5.82 Å². The van der Waals surface area contributed by atoms with Crippen LogP contribution in [0.1, 0.15) is 39.3 Å². The number of hydrogen-bond acceptors (Lipinski definition) is 6. The van der Waals surface area contributed by atoms with Gasteiger partial charge in [-0.05, 0) is 70.5 Å². The van der Waals surface area contributed by atoms with E-state index in [1.54, 1.807) is 22.6 Å². The number of carboxylic acid groups (broad SMARTS) is 1. The molecule has 37 heavy (non-hydrogen) atoms. The van der Waals surface area contributed by atoms with Gasteiger partial charge >= 0.3 is 5.97 Å². The first kappa shape index (κ1) is 26.1. The topological polar surface area (TPSA) is 110 Å². The molecule has 1 aromatic heterocycles. The lowest BCUT2D eigenvalue weighted by molar-refractivity contribution is -0.139. The zero-order valence-electron chi connectivity index (χ0n) is 20.8. The molecule has 9 heteroatoms. The van der Waals surface area contributed by atoms with E-state index in [9.17, 15) is 14.7 Å². The molecular formula is C28H29N5O3S. The summed E-state index contributed by atoms with van der Waals surface area (Å²) in [6.07, 6.45) is 2.70. The monoisotopic (exact) mass is 515 g/mol. The quantitative estimate of drug-likeness (QED) is 0.308. The summed E-state index contributed by atoms with van der Waals surface area (Å²) in [5, 5.41) is 25.2. The number of benzene rings is 3. The van der Waals surface area contributed by atoms with Gasteiger partial charge in [0, 0.05) is 12.0 Å². The average molecular weight is 516 g/mol. The molecule has 0 saturated heterocycles. The summed E-state index contributed by atoms with van der Waals surface area (Å²) < 4.78 is 0. The predicted molar refractivity (Wildman–Crippen MR) is 145 cm³/mol. The van der Waals surface area contributed by atoms with Crippen molar-refractivity contribution in [3.63, 3.8) is 0 Å². The van der Waals surface area contributed by atoms with E-state index >= 15 is 0 Å². The molecule has 0 aliphatic rings. The van der Waals surface area contributed by atoms with E-state index in [1.807, 2.05) is 79.9 Å². The number of aryl methyl sites for hydroxylation is 1. The van der Waals surface area contributed by atoms with Crippen LogP contribution in [-0.4, -0.2) is 55.2 Å². The highest BCUT2D eigenvalue weighted by Crippen LogP contribution is 2.29. The zero-order chi connectivity index (χ0) is 26.2. The van der Waals surface area contributed by atoms with Crippen LogP contribution >= 0.6 is 11.8 Å². The molecule has 0 radical (unpaired) electrons.